The van der Waals surface area contributed by atoms with Crippen LogP contribution in [0.25, 0.3) is 0 Å². The summed E-state index contributed by atoms with van der Waals surface area (Å²) >= 11 is 3.54. The summed E-state index contributed by atoms with van der Waals surface area (Å²) in [6, 6.07) is 0. The van der Waals surface area contributed by atoms with Gasteiger partial charge in [0.05, 0.1) is 0 Å². The third-order valence-electron chi connectivity index (χ3n) is 1.80. The highest BCUT2D eigenvalue weighted by Gasteiger charge is 2.07. The van der Waals surface area contributed by atoms with Crippen LogP contribution in [0.4, 0.5) is 0 Å². The van der Waals surface area contributed by atoms with Crippen LogP contribution in [0, 0.1) is 11.8 Å². The van der Waals surface area contributed by atoms with Crippen molar-refractivity contribution < 1.29 is 0 Å². The Morgan fingerprint density at radius 1 is 1.45 bits per heavy atom. The Bertz CT molecular complexity index is 97.0. The van der Waals surface area contributed by atoms with Gasteiger partial charge >= 0.3 is 0 Å². The summed E-state index contributed by atoms with van der Waals surface area (Å²) in [7, 11) is 0. The van der Waals surface area contributed by atoms with Gasteiger partial charge in [-0.05, 0) is 31.1 Å². The minimum absolute atomic E-state index is 0.822. The quantitative estimate of drug-likeness (QED) is 0.467. The largest absolute Gasteiger partial charge is 0.103 e. The molecule has 0 heterocycles. The van der Waals surface area contributed by atoms with Crippen molar-refractivity contribution in [3.63, 3.8) is 0 Å². The van der Waals surface area contributed by atoms with Crippen molar-refractivity contribution >= 4 is 15.9 Å². The number of hydrogen-bond donors (Lipinski definition) is 0. The highest BCUT2D eigenvalue weighted by Crippen LogP contribution is 2.19. The van der Waals surface area contributed by atoms with Crippen LogP contribution >= 0.6 is 15.9 Å². The molecule has 0 aromatic rings. The van der Waals surface area contributed by atoms with Crippen LogP contribution in [0.15, 0.2) is 12.7 Å². The molecule has 0 aliphatic carbocycles. The first-order valence-electron chi connectivity index (χ1n) is 4.37. The van der Waals surface area contributed by atoms with Gasteiger partial charge in [-0.1, -0.05) is 35.9 Å². The monoisotopic (exact) mass is 218 g/mol. The number of hydrogen-bond acceptors (Lipinski definition) is 0. The van der Waals surface area contributed by atoms with E-state index >= 15 is 0 Å². The van der Waals surface area contributed by atoms with Crippen LogP contribution in [-0.4, -0.2) is 5.33 Å². The lowest BCUT2D eigenvalue weighted by molar-refractivity contribution is 0.426. The molecular weight excluding hydrogens is 200 g/mol. The van der Waals surface area contributed by atoms with Gasteiger partial charge in [-0.2, -0.15) is 0 Å². The van der Waals surface area contributed by atoms with Crippen molar-refractivity contribution in [3.8, 4) is 0 Å². The van der Waals surface area contributed by atoms with Crippen molar-refractivity contribution in [2.24, 2.45) is 11.8 Å². The summed E-state index contributed by atoms with van der Waals surface area (Å²) in [5, 5.41) is 1.14. The second-order valence-electron chi connectivity index (χ2n) is 3.52. The summed E-state index contributed by atoms with van der Waals surface area (Å²) in [4.78, 5) is 0. The third-order valence-corrected chi connectivity index (χ3v) is 2.72. The lowest BCUT2D eigenvalue weighted by Gasteiger charge is -2.14. The molecule has 0 radical (unpaired) electrons. The average Bonchev–Trinajstić information content (AvgIpc) is 1.97. The Kier molecular flexibility index (Phi) is 7.04. The van der Waals surface area contributed by atoms with Gasteiger partial charge < -0.3 is 0 Å². The molecule has 1 unspecified atom stereocenters. The molecule has 0 aromatic carbocycles. The smallest absolute Gasteiger partial charge is 0.00598 e. The molecule has 0 bridgehead atoms. The Morgan fingerprint density at radius 3 is 2.45 bits per heavy atom. The van der Waals surface area contributed by atoms with E-state index in [0.717, 1.165) is 23.6 Å². The van der Waals surface area contributed by atoms with Crippen molar-refractivity contribution in [2.75, 3.05) is 5.33 Å². The average molecular weight is 219 g/mol. The molecule has 0 saturated carbocycles. The van der Waals surface area contributed by atoms with Gasteiger partial charge in [-0.25, -0.2) is 0 Å². The summed E-state index contributed by atoms with van der Waals surface area (Å²) in [6.07, 6.45) is 5.78. The van der Waals surface area contributed by atoms with Gasteiger partial charge in [-0.3, -0.25) is 0 Å². The zero-order chi connectivity index (χ0) is 8.69. The van der Waals surface area contributed by atoms with E-state index < -0.39 is 0 Å². The fourth-order valence-corrected chi connectivity index (χ4v) is 1.87. The van der Waals surface area contributed by atoms with Crippen LogP contribution in [0.3, 0.4) is 0 Å². The Balaban J connectivity index is 3.48. The Hall–Kier alpha value is 0.220. The van der Waals surface area contributed by atoms with E-state index in [1.807, 2.05) is 6.08 Å². The predicted octanol–water partition coefficient (Wildman–Crippen LogP) is 4.01. The van der Waals surface area contributed by atoms with Crippen molar-refractivity contribution in [3.05, 3.63) is 12.7 Å². The molecular formula is C10H19Br. The molecule has 0 spiro atoms. The van der Waals surface area contributed by atoms with Crippen LogP contribution in [0.5, 0.6) is 0 Å². The molecule has 0 aliphatic rings. The normalized spacial score (nSPS) is 13.5. The molecule has 0 fully saturated rings. The highest BCUT2D eigenvalue weighted by molar-refractivity contribution is 9.09. The zero-order valence-corrected chi connectivity index (χ0v) is 9.23. The van der Waals surface area contributed by atoms with Crippen molar-refractivity contribution in [1.82, 2.24) is 0 Å². The SMILES string of the molecule is C=CCCC(CBr)CC(C)C. The number of halogens is 1. The van der Waals surface area contributed by atoms with Crippen molar-refractivity contribution in [1.29, 1.82) is 0 Å². The maximum atomic E-state index is 3.73. The lowest BCUT2D eigenvalue weighted by Crippen LogP contribution is -2.05. The van der Waals surface area contributed by atoms with Gasteiger partial charge in [0.2, 0.25) is 0 Å². The molecule has 0 aromatic heterocycles. The van der Waals surface area contributed by atoms with Gasteiger partial charge in [0, 0.05) is 5.33 Å². The predicted molar refractivity (Wildman–Crippen MR) is 56.2 cm³/mol. The van der Waals surface area contributed by atoms with Gasteiger partial charge in [0.25, 0.3) is 0 Å². The maximum Gasteiger partial charge on any atom is 0.00598 e. The molecule has 0 nitrogen and oxygen atoms in total. The first-order valence-corrected chi connectivity index (χ1v) is 5.49. The zero-order valence-electron chi connectivity index (χ0n) is 7.65. The molecule has 11 heavy (non-hydrogen) atoms. The summed E-state index contributed by atoms with van der Waals surface area (Å²) in [5.41, 5.74) is 0. The molecule has 66 valence electrons. The van der Waals surface area contributed by atoms with E-state index in [2.05, 4.69) is 36.4 Å². The van der Waals surface area contributed by atoms with Crippen molar-refractivity contribution in [2.45, 2.75) is 33.1 Å². The maximum absolute atomic E-state index is 3.73. The number of alkyl halides is 1. The van der Waals surface area contributed by atoms with E-state index in [1.54, 1.807) is 0 Å². The van der Waals surface area contributed by atoms with Crippen LogP contribution in [0.2, 0.25) is 0 Å². The molecule has 0 N–H and O–H groups in total. The second kappa shape index (κ2) is 6.90. The summed E-state index contributed by atoms with van der Waals surface area (Å²) in [5.74, 6) is 1.66. The minimum Gasteiger partial charge on any atom is -0.103 e. The van der Waals surface area contributed by atoms with Gasteiger partial charge in [0.15, 0.2) is 0 Å². The first kappa shape index (κ1) is 11.2. The molecule has 0 amide bonds. The Labute approximate surface area is 79.2 Å². The van der Waals surface area contributed by atoms with E-state index in [9.17, 15) is 0 Å². The topological polar surface area (TPSA) is 0 Å². The van der Waals surface area contributed by atoms with E-state index in [4.69, 9.17) is 0 Å². The molecule has 1 atom stereocenters. The number of allylic oxidation sites excluding steroid dienone is 1. The third kappa shape index (κ3) is 6.61. The fourth-order valence-electron chi connectivity index (χ4n) is 1.28. The molecule has 0 saturated heterocycles. The van der Waals surface area contributed by atoms with Crippen LogP contribution in [-0.2, 0) is 0 Å². The van der Waals surface area contributed by atoms with Crippen LogP contribution < -0.4 is 0 Å². The van der Waals surface area contributed by atoms with E-state index in [1.165, 1.54) is 12.8 Å². The lowest BCUT2D eigenvalue weighted by atomic mass is 9.95. The van der Waals surface area contributed by atoms with Gasteiger partial charge in [-0.15, -0.1) is 6.58 Å². The minimum atomic E-state index is 0.822. The number of rotatable bonds is 6. The molecule has 0 aliphatic heterocycles. The fraction of sp³-hybridized carbons (Fsp3) is 0.800. The standard InChI is InChI=1S/C10H19Br/c1-4-5-6-10(8-11)7-9(2)3/h4,9-10H,1,5-8H2,2-3H3. The van der Waals surface area contributed by atoms with Gasteiger partial charge in [0.1, 0.15) is 0 Å². The molecule has 1 heteroatoms. The van der Waals surface area contributed by atoms with E-state index in [0.29, 0.717) is 0 Å². The van der Waals surface area contributed by atoms with E-state index in [-0.39, 0.29) is 0 Å². The molecule has 0 rings (SSSR count). The highest BCUT2D eigenvalue weighted by atomic mass is 79.9. The van der Waals surface area contributed by atoms with Crippen LogP contribution in [0.1, 0.15) is 33.1 Å². The Morgan fingerprint density at radius 2 is 2.09 bits per heavy atom. The second-order valence-corrected chi connectivity index (χ2v) is 4.16. The summed E-state index contributed by atoms with van der Waals surface area (Å²) in [6.45, 7) is 8.29. The first-order chi connectivity index (χ1) is 5.20. The summed E-state index contributed by atoms with van der Waals surface area (Å²) < 4.78 is 0.